The largest absolute Gasteiger partial charge is 0.453 e. The number of para-hydroxylation sites is 1. The van der Waals surface area contributed by atoms with E-state index >= 15 is 0 Å². The van der Waals surface area contributed by atoms with Crippen molar-refractivity contribution in [1.29, 1.82) is 0 Å². The number of ether oxygens (including phenoxy) is 1. The Morgan fingerprint density at radius 3 is 2.58 bits per heavy atom. The number of allylic oxidation sites excluding steroid dienone is 1. The Bertz CT molecular complexity index is 885. The van der Waals surface area contributed by atoms with Crippen LogP contribution in [0.2, 0.25) is 0 Å². The molecule has 0 amide bonds. The highest BCUT2D eigenvalue weighted by molar-refractivity contribution is 5.96. The maximum atomic E-state index is 12.4. The van der Waals surface area contributed by atoms with Gasteiger partial charge >= 0.3 is 5.97 Å². The van der Waals surface area contributed by atoms with Crippen LogP contribution in [0.4, 0.5) is 5.69 Å². The molecule has 0 unspecified atom stereocenters. The lowest BCUT2D eigenvalue weighted by atomic mass is 9.83. The molecule has 26 heavy (non-hydrogen) atoms. The van der Waals surface area contributed by atoms with Gasteiger partial charge in [-0.3, -0.25) is 9.78 Å². The van der Waals surface area contributed by atoms with Gasteiger partial charge in [0.25, 0.3) is 0 Å². The molecule has 0 saturated heterocycles. The lowest BCUT2D eigenvalue weighted by Gasteiger charge is -2.23. The highest BCUT2D eigenvalue weighted by Crippen LogP contribution is 2.46. The van der Waals surface area contributed by atoms with Crippen LogP contribution in [0.25, 0.3) is 0 Å². The minimum Gasteiger partial charge on any atom is -0.453 e. The monoisotopic (exact) mass is 351 g/mol. The molecule has 134 valence electrons. The van der Waals surface area contributed by atoms with Crippen molar-refractivity contribution in [2.24, 2.45) is 0 Å². The lowest BCUT2D eigenvalue weighted by molar-refractivity contribution is -0.117. The number of likely N-dealkylation sites (N-methyl/N-ethyl adjacent to an activating group) is 1. The molecule has 3 rings (SSSR count). The molecule has 0 N–H and O–H groups in total. The molecule has 6 heteroatoms. The highest BCUT2D eigenvalue weighted by Gasteiger charge is 2.38. The van der Waals surface area contributed by atoms with Gasteiger partial charge in [0, 0.05) is 36.1 Å². The molecule has 0 spiro atoms. The van der Waals surface area contributed by atoms with E-state index in [1.165, 1.54) is 12.4 Å². The summed E-state index contributed by atoms with van der Waals surface area (Å²) < 4.78 is 5.07. The molecular formula is C20H21N3O3. The number of benzene rings is 1. The third kappa shape index (κ3) is 3.22. The minimum atomic E-state index is -0.661. The van der Waals surface area contributed by atoms with Crippen molar-refractivity contribution in [2.75, 3.05) is 18.6 Å². The van der Waals surface area contributed by atoms with E-state index in [1.54, 1.807) is 13.0 Å². The van der Waals surface area contributed by atoms with E-state index in [9.17, 15) is 9.59 Å². The number of fused-ring (bicyclic) bond motifs is 1. The van der Waals surface area contributed by atoms with Crippen LogP contribution in [0.15, 0.2) is 48.4 Å². The fraction of sp³-hybridized carbons (Fsp3) is 0.300. The van der Waals surface area contributed by atoms with Crippen molar-refractivity contribution < 1.29 is 14.3 Å². The van der Waals surface area contributed by atoms with Crippen LogP contribution in [0.5, 0.6) is 0 Å². The van der Waals surface area contributed by atoms with E-state index in [0.717, 1.165) is 16.9 Å². The Morgan fingerprint density at radius 2 is 1.92 bits per heavy atom. The van der Waals surface area contributed by atoms with E-state index in [0.29, 0.717) is 5.69 Å². The number of aryl methyl sites for hydroxylation is 1. The van der Waals surface area contributed by atoms with Gasteiger partial charge < -0.3 is 9.64 Å². The molecule has 2 aromatic rings. The molecule has 0 bridgehead atoms. The first-order valence-electron chi connectivity index (χ1n) is 8.34. The summed E-state index contributed by atoms with van der Waals surface area (Å²) >= 11 is 0. The van der Waals surface area contributed by atoms with Crippen LogP contribution in [-0.2, 0) is 14.9 Å². The van der Waals surface area contributed by atoms with Crippen molar-refractivity contribution in [3.8, 4) is 0 Å². The topological polar surface area (TPSA) is 72.4 Å². The Morgan fingerprint density at radius 1 is 1.19 bits per heavy atom. The van der Waals surface area contributed by atoms with Gasteiger partial charge in [0.2, 0.25) is 0 Å². The second-order valence-corrected chi connectivity index (χ2v) is 6.82. The number of hydrogen-bond acceptors (Lipinski definition) is 6. The van der Waals surface area contributed by atoms with Gasteiger partial charge in [-0.25, -0.2) is 9.78 Å². The summed E-state index contributed by atoms with van der Waals surface area (Å²) in [5.74, 6) is -0.937. The summed E-state index contributed by atoms with van der Waals surface area (Å²) in [6, 6.07) is 8.05. The quantitative estimate of drug-likeness (QED) is 0.623. The molecule has 0 aliphatic carbocycles. The molecule has 1 aliphatic rings. The molecule has 0 radical (unpaired) electrons. The van der Waals surface area contributed by atoms with Crippen LogP contribution in [0.3, 0.4) is 0 Å². The van der Waals surface area contributed by atoms with E-state index in [2.05, 4.69) is 29.9 Å². The maximum absolute atomic E-state index is 12.4. The van der Waals surface area contributed by atoms with E-state index in [1.807, 2.05) is 30.1 Å². The summed E-state index contributed by atoms with van der Waals surface area (Å²) in [5, 5.41) is 0. The molecule has 1 aliphatic heterocycles. The van der Waals surface area contributed by atoms with Crippen LogP contribution >= 0.6 is 0 Å². The summed E-state index contributed by atoms with van der Waals surface area (Å²) in [6.45, 7) is 5.58. The number of esters is 1. The van der Waals surface area contributed by atoms with Gasteiger partial charge in [-0.2, -0.15) is 0 Å². The first-order chi connectivity index (χ1) is 12.3. The van der Waals surface area contributed by atoms with Crippen LogP contribution < -0.4 is 4.90 Å². The summed E-state index contributed by atoms with van der Waals surface area (Å²) in [7, 11) is 1.93. The van der Waals surface area contributed by atoms with Crippen LogP contribution in [0.1, 0.15) is 35.6 Å². The molecule has 0 fully saturated rings. The average molecular weight is 351 g/mol. The zero-order chi connectivity index (χ0) is 18.9. The third-order valence-corrected chi connectivity index (χ3v) is 4.57. The lowest BCUT2D eigenvalue weighted by Crippen LogP contribution is -2.25. The first kappa shape index (κ1) is 17.8. The zero-order valence-electron chi connectivity index (χ0n) is 15.3. The number of carbonyl (C=O) groups is 2. The number of aromatic nitrogens is 2. The first-order valence-corrected chi connectivity index (χ1v) is 8.34. The van der Waals surface area contributed by atoms with E-state index in [-0.39, 0.29) is 23.5 Å². The number of rotatable bonds is 4. The minimum absolute atomic E-state index is 0.0850. The zero-order valence-corrected chi connectivity index (χ0v) is 15.3. The van der Waals surface area contributed by atoms with Gasteiger partial charge in [-0.1, -0.05) is 32.0 Å². The Kier molecular flexibility index (Phi) is 4.59. The van der Waals surface area contributed by atoms with Gasteiger partial charge in [0.1, 0.15) is 0 Å². The molecule has 0 atom stereocenters. The molecule has 6 nitrogen and oxygen atoms in total. The van der Waals surface area contributed by atoms with E-state index in [4.69, 9.17) is 4.74 Å². The fourth-order valence-electron chi connectivity index (χ4n) is 3.16. The Balaban J connectivity index is 1.71. The SMILES string of the molecule is Cc1cnc(C(=O)OCC(=O)C=C2N(C)c3ccccc3C2(C)C)cn1. The summed E-state index contributed by atoms with van der Waals surface area (Å²) in [4.78, 5) is 34.3. The summed E-state index contributed by atoms with van der Waals surface area (Å²) in [6.07, 6.45) is 4.37. The van der Waals surface area contributed by atoms with Crippen molar-refractivity contribution in [1.82, 2.24) is 9.97 Å². The number of carbonyl (C=O) groups excluding carboxylic acids is 2. The Labute approximate surface area is 152 Å². The molecule has 0 saturated carbocycles. The van der Waals surface area contributed by atoms with Gasteiger partial charge in [0.15, 0.2) is 18.1 Å². The maximum Gasteiger partial charge on any atom is 0.358 e. The molecule has 1 aromatic carbocycles. The van der Waals surface area contributed by atoms with Gasteiger partial charge in [0.05, 0.1) is 11.9 Å². The molecular weight excluding hydrogens is 330 g/mol. The van der Waals surface area contributed by atoms with Crippen molar-refractivity contribution in [2.45, 2.75) is 26.2 Å². The predicted octanol–water partition coefficient (Wildman–Crippen LogP) is 2.82. The van der Waals surface area contributed by atoms with Gasteiger partial charge in [-0.15, -0.1) is 0 Å². The second-order valence-electron chi connectivity index (χ2n) is 6.82. The average Bonchev–Trinajstić information content (AvgIpc) is 2.81. The fourth-order valence-corrected chi connectivity index (χ4v) is 3.16. The van der Waals surface area contributed by atoms with Crippen LogP contribution in [0, 0.1) is 6.92 Å². The van der Waals surface area contributed by atoms with Gasteiger partial charge in [-0.05, 0) is 18.6 Å². The number of hydrogen-bond donors (Lipinski definition) is 0. The molecule has 1 aromatic heterocycles. The normalized spacial score (nSPS) is 16.5. The van der Waals surface area contributed by atoms with Crippen molar-refractivity contribution >= 4 is 17.4 Å². The number of anilines is 1. The highest BCUT2D eigenvalue weighted by atomic mass is 16.5. The molecule has 2 heterocycles. The standard InChI is InChI=1S/C20H21N3O3/c1-13-10-22-16(11-21-13)19(25)26-12-14(24)9-18-20(2,3)15-7-5-6-8-17(15)23(18)4/h5-11H,12H2,1-4H3. The summed E-state index contributed by atoms with van der Waals surface area (Å²) in [5.41, 5.74) is 3.59. The second kappa shape index (κ2) is 6.71. The number of ketones is 1. The van der Waals surface area contributed by atoms with Crippen molar-refractivity contribution in [3.05, 3.63) is 65.4 Å². The van der Waals surface area contributed by atoms with Crippen LogP contribution in [-0.4, -0.2) is 35.4 Å². The smallest absolute Gasteiger partial charge is 0.358 e. The predicted molar refractivity (Wildman–Crippen MR) is 98.0 cm³/mol. The van der Waals surface area contributed by atoms with E-state index < -0.39 is 5.97 Å². The van der Waals surface area contributed by atoms with Crippen molar-refractivity contribution in [3.63, 3.8) is 0 Å². The third-order valence-electron chi connectivity index (χ3n) is 4.57. The Hall–Kier alpha value is -3.02. The number of nitrogens with zero attached hydrogens (tertiary/aromatic N) is 3.